The van der Waals surface area contributed by atoms with Gasteiger partial charge in [0, 0.05) is 5.70 Å². The van der Waals surface area contributed by atoms with Gasteiger partial charge in [-0.25, -0.2) is 4.79 Å². The highest BCUT2D eigenvalue weighted by molar-refractivity contribution is 8.03. The number of nitriles is 1. The Morgan fingerprint density at radius 3 is 2.15 bits per heavy atom. The summed E-state index contributed by atoms with van der Waals surface area (Å²) in [4.78, 5) is 24.8. The van der Waals surface area contributed by atoms with Crippen molar-refractivity contribution in [2.75, 3.05) is 40.3 Å². The van der Waals surface area contributed by atoms with Crippen LogP contribution in [-0.4, -0.2) is 52.2 Å². The molecule has 0 saturated carbocycles. The predicted octanol–water partition coefficient (Wildman–Crippen LogP) is 3.27. The minimum atomic E-state index is -0.784. The quantitative estimate of drug-likeness (QED) is 0.504. The summed E-state index contributed by atoms with van der Waals surface area (Å²) in [5.74, 6) is -0.594. The third kappa shape index (κ3) is 5.73. The van der Waals surface area contributed by atoms with Crippen molar-refractivity contribution in [2.24, 2.45) is 0 Å². The number of hydrogen-bond acceptors (Lipinski definition) is 10. The van der Waals surface area contributed by atoms with Gasteiger partial charge in [-0.05, 0) is 38.5 Å². The Bertz CT molecular complexity index is 986. The van der Waals surface area contributed by atoms with E-state index in [2.05, 4.69) is 11.4 Å². The Balaban J connectivity index is 2.69. The van der Waals surface area contributed by atoms with Gasteiger partial charge in [0.15, 0.2) is 11.5 Å². The van der Waals surface area contributed by atoms with Gasteiger partial charge in [0.25, 0.3) is 0 Å². The number of rotatable bonds is 10. The second-order valence-corrected chi connectivity index (χ2v) is 7.71. The van der Waals surface area contributed by atoms with Crippen LogP contribution in [0.15, 0.2) is 34.0 Å². The SMILES string of the molecule is CCOC(=O)CSC1=C(C#N)C(c2cc(OC)c(OC)c(OC)c2)C(C(=O)OCC)=C(C)N1. The lowest BCUT2D eigenvalue weighted by Crippen LogP contribution is -2.29. The zero-order chi connectivity index (χ0) is 24.5. The van der Waals surface area contributed by atoms with E-state index in [-0.39, 0.29) is 30.1 Å². The van der Waals surface area contributed by atoms with Gasteiger partial charge >= 0.3 is 11.9 Å². The largest absolute Gasteiger partial charge is 0.493 e. The molecule has 0 aliphatic carbocycles. The number of dihydropyridines is 1. The fraction of sp³-hybridized carbons (Fsp3) is 0.435. The molecule has 1 aliphatic heterocycles. The molecular formula is C23H28N2O7S. The van der Waals surface area contributed by atoms with Crippen LogP contribution >= 0.6 is 11.8 Å². The van der Waals surface area contributed by atoms with E-state index < -0.39 is 17.9 Å². The lowest BCUT2D eigenvalue weighted by Gasteiger charge is -2.29. The molecule has 0 radical (unpaired) electrons. The Kier molecular flexibility index (Phi) is 9.48. The number of allylic oxidation sites excluding steroid dienone is 2. The lowest BCUT2D eigenvalue weighted by atomic mass is 9.82. The van der Waals surface area contributed by atoms with Gasteiger partial charge in [-0.2, -0.15) is 5.26 Å². The summed E-state index contributed by atoms with van der Waals surface area (Å²) in [6.45, 7) is 5.58. The first-order chi connectivity index (χ1) is 15.9. The van der Waals surface area contributed by atoms with Crippen molar-refractivity contribution in [1.29, 1.82) is 5.26 Å². The number of esters is 2. The number of nitrogens with one attached hydrogen (secondary N) is 1. The first-order valence-electron chi connectivity index (χ1n) is 10.2. The average Bonchev–Trinajstić information content (AvgIpc) is 2.81. The molecule has 9 nitrogen and oxygen atoms in total. The molecule has 1 N–H and O–H groups in total. The summed E-state index contributed by atoms with van der Waals surface area (Å²) in [6, 6.07) is 5.58. The van der Waals surface area contributed by atoms with Crippen molar-refractivity contribution in [2.45, 2.75) is 26.7 Å². The Morgan fingerprint density at radius 2 is 1.67 bits per heavy atom. The van der Waals surface area contributed by atoms with Crippen molar-refractivity contribution >= 4 is 23.7 Å². The normalized spacial score (nSPS) is 15.4. The van der Waals surface area contributed by atoms with Crippen LogP contribution < -0.4 is 19.5 Å². The van der Waals surface area contributed by atoms with Crippen molar-refractivity contribution in [3.63, 3.8) is 0 Å². The number of carbonyl (C=O) groups is 2. The standard InChI is InChI=1S/C23H28N2O7S/c1-7-31-18(26)12-33-22-15(11-24)20(19(13(3)25-22)23(27)32-8-2)14-9-16(28-4)21(30-6)17(10-14)29-5/h9-10,20,25H,7-8,12H2,1-6H3. The van der Waals surface area contributed by atoms with Crippen molar-refractivity contribution in [3.05, 3.63) is 39.6 Å². The first-order valence-corrected chi connectivity index (χ1v) is 11.2. The second kappa shape index (κ2) is 12.1. The van der Waals surface area contributed by atoms with Crippen LogP contribution in [-0.2, 0) is 19.1 Å². The Hall–Kier alpha value is -3.32. The summed E-state index contributed by atoms with van der Waals surface area (Å²) in [5, 5.41) is 13.6. The smallest absolute Gasteiger partial charge is 0.336 e. The summed E-state index contributed by atoms with van der Waals surface area (Å²) >= 11 is 1.13. The molecule has 1 heterocycles. The van der Waals surface area contributed by atoms with Crippen LogP contribution in [0.5, 0.6) is 17.2 Å². The van der Waals surface area contributed by atoms with Crippen molar-refractivity contribution in [1.82, 2.24) is 5.32 Å². The van der Waals surface area contributed by atoms with Gasteiger partial charge in [0.1, 0.15) is 0 Å². The molecule has 0 aromatic heterocycles. The van der Waals surface area contributed by atoms with E-state index in [0.717, 1.165) is 11.8 Å². The second-order valence-electron chi connectivity index (χ2n) is 6.72. The molecule has 33 heavy (non-hydrogen) atoms. The van der Waals surface area contributed by atoms with Crippen LogP contribution in [0.2, 0.25) is 0 Å². The van der Waals surface area contributed by atoms with Crippen LogP contribution in [0, 0.1) is 11.3 Å². The number of benzene rings is 1. The van der Waals surface area contributed by atoms with E-state index in [1.165, 1.54) is 21.3 Å². The number of methoxy groups -OCH3 is 3. The van der Waals surface area contributed by atoms with E-state index in [1.807, 2.05) is 0 Å². The molecule has 10 heteroatoms. The van der Waals surface area contributed by atoms with Crippen molar-refractivity contribution < 1.29 is 33.3 Å². The fourth-order valence-corrected chi connectivity index (χ4v) is 4.33. The molecule has 0 fully saturated rings. The van der Waals surface area contributed by atoms with Gasteiger partial charge < -0.3 is 29.0 Å². The molecule has 1 aliphatic rings. The van der Waals surface area contributed by atoms with E-state index in [1.54, 1.807) is 32.9 Å². The van der Waals surface area contributed by atoms with Crippen LogP contribution in [0.4, 0.5) is 0 Å². The number of nitrogens with zero attached hydrogens (tertiary/aromatic N) is 1. The molecule has 0 saturated heterocycles. The van der Waals surface area contributed by atoms with E-state index in [9.17, 15) is 14.9 Å². The van der Waals surface area contributed by atoms with Gasteiger partial charge in [-0.3, -0.25) is 4.79 Å². The summed E-state index contributed by atoms with van der Waals surface area (Å²) in [7, 11) is 4.46. The number of thioether (sulfide) groups is 1. The minimum Gasteiger partial charge on any atom is -0.493 e. The van der Waals surface area contributed by atoms with E-state index in [0.29, 0.717) is 33.5 Å². The van der Waals surface area contributed by atoms with Gasteiger partial charge in [-0.1, -0.05) is 11.8 Å². The molecular weight excluding hydrogens is 448 g/mol. The van der Waals surface area contributed by atoms with Crippen LogP contribution in [0.1, 0.15) is 32.3 Å². The molecule has 178 valence electrons. The van der Waals surface area contributed by atoms with Gasteiger partial charge in [0.2, 0.25) is 5.75 Å². The highest BCUT2D eigenvalue weighted by Crippen LogP contribution is 2.46. The summed E-state index contributed by atoms with van der Waals surface area (Å²) in [5.41, 5.74) is 1.62. The maximum Gasteiger partial charge on any atom is 0.336 e. The predicted molar refractivity (Wildman–Crippen MR) is 123 cm³/mol. The fourth-order valence-electron chi connectivity index (χ4n) is 3.44. The molecule has 1 aromatic rings. The van der Waals surface area contributed by atoms with Crippen LogP contribution in [0.3, 0.4) is 0 Å². The third-order valence-electron chi connectivity index (χ3n) is 4.80. The van der Waals surface area contributed by atoms with Crippen molar-refractivity contribution in [3.8, 4) is 23.3 Å². The highest BCUT2D eigenvalue weighted by Gasteiger charge is 2.36. The average molecular weight is 477 g/mol. The third-order valence-corrected chi connectivity index (χ3v) is 5.79. The van der Waals surface area contributed by atoms with Crippen LogP contribution in [0.25, 0.3) is 0 Å². The maximum atomic E-state index is 12.9. The first kappa shape index (κ1) is 25.9. The monoisotopic (exact) mass is 476 g/mol. The van der Waals surface area contributed by atoms with E-state index in [4.69, 9.17) is 23.7 Å². The Morgan fingerprint density at radius 1 is 1.06 bits per heavy atom. The Labute approximate surface area is 197 Å². The number of hydrogen-bond donors (Lipinski definition) is 1. The molecule has 0 spiro atoms. The van der Waals surface area contributed by atoms with E-state index >= 15 is 0 Å². The van der Waals surface area contributed by atoms with Gasteiger partial charge in [-0.15, -0.1) is 0 Å². The summed E-state index contributed by atoms with van der Waals surface area (Å²) < 4.78 is 26.6. The zero-order valence-corrected chi connectivity index (χ0v) is 20.4. The molecule has 0 bridgehead atoms. The summed E-state index contributed by atoms with van der Waals surface area (Å²) in [6.07, 6.45) is 0. The molecule has 0 amide bonds. The molecule has 1 aromatic carbocycles. The lowest BCUT2D eigenvalue weighted by molar-refractivity contribution is -0.140. The van der Waals surface area contributed by atoms with Gasteiger partial charge in [0.05, 0.1) is 68.5 Å². The number of carbonyl (C=O) groups excluding carboxylic acids is 2. The topological polar surface area (TPSA) is 116 Å². The minimum absolute atomic E-state index is 0.00531. The highest BCUT2D eigenvalue weighted by atomic mass is 32.2. The maximum absolute atomic E-state index is 12.9. The zero-order valence-electron chi connectivity index (χ0n) is 19.6. The molecule has 1 unspecified atom stereocenters. The number of ether oxygens (including phenoxy) is 5. The molecule has 1 atom stereocenters. The molecule has 2 rings (SSSR count).